The average molecular weight is 303 g/mol. The molecule has 2 aromatic rings. The van der Waals surface area contributed by atoms with Gasteiger partial charge in [-0.05, 0) is 32.0 Å². The van der Waals surface area contributed by atoms with Crippen molar-refractivity contribution in [2.24, 2.45) is 0 Å². The minimum atomic E-state index is -1.21. The zero-order chi connectivity index (χ0) is 16.1. The second-order valence-corrected chi connectivity index (χ2v) is 4.64. The third-order valence-corrected chi connectivity index (χ3v) is 3.07. The molecule has 0 aliphatic carbocycles. The van der Waals surface area contributed by atoms with Crippen LogP contribution in [-0.2, 0) is 0 Å². The molecular weight excluding hydrogens is 286 g/mol. The molecule has 0 aliphatic heterocycles. The quantitative estimate of drug-likeness (QED) is 0.856. The summed E-state index contributed by atoms with van der Waals surface area (Å²) in [6.45, 7) is 4.23. The van der Waals surface area contributed by atoms with Gasteiger partial charge < -0.3 is 19.6 Å². The topological polar surface area (TPSA) is 88.8 Å². The van der Waals surface area contributed by atoms with E-state index in [1.165, 1.54) is 12.1 Å². The number of para-hydroxylation sites is 1. The summed E-state index contributed by atoms with van der Waals surface area (Å²) in [5, 5.41) is 11.6. The fourth-order valence-electron chi connectivity index (χ4n) is 2.05. The summed E-state index contributed by atoms with van der Waals surface area (Å²) < 4.78 is 10.5. The molecule has 1 unspecified atom stereocenters. The second kappa shape index (κ2) is 6.80. The predicted octanol–water partition coefficient (Wildman–Crippen LogP) is 2.87. The number of nitrogens with one attached hydrogen (secondary N) is 1. The SMILES string of the molecule is CCOc1ccccc1C(C)NC(=O)c1ccc(C(=O)O)o1. The molecule has 6 heteroatoms. The van der Waals surface area contributed by atoms with Crippen molar-refractivity contribution in [3.05, 3.63) is 53.5 Å². The molecular formula is C16H17NO5. The van der Waals surface area contributed by atoms with E-state index in [0.29, 0.717) is 12.4 Å². The molecule has 0 fully saturated rings. The number of aromatic carboxylic acids is 1. The molecule has 2 rings (SSSR count). The molecule has 0 bridgehead atoms. The molecule has 0 aliphatic rings. The Morgan fingerprint density at radius 1 is 1.23 bits per heavy atom. The summed E-state index contributed by atoms with van der Waals surface area (Å²) in [6.07, 6.45) is 0. The van der Waals surface area contributed by atoms with E-state index in [-0.39, 0.29) is 17.6 Å². The first-order chi connectivity index (χ1) is 10.5. The second-order valence-electron chi connectivity index (χ2n) is 4.64. The van der Waals surface area contributed by atoms with Crippen LogP contribution in [0.1, 0.15) is 46.6 Å². The molecule has 0 spiro atoms. The Bertz CT molecular complexity index is 677. The maximum Gasteiger partial charge on any atom is 0.371 e. The zero-order valence-electron chi connectivity index (χ0n) is 12.3. The Hall–Kier alpha value is -2.76. The summed E-state index contributed by atoms with van der Waals surface area (Å²) in [7, 11) is 0. The Morgan fingerprint density at radius 3 is 2.55 bits per heavy atom. The Labute approximate surface area is 127 Å². The van der Waals surface area contributed by atoms with Gasteiger partial charge in [0.05, 0.1) is 12.6 Å². The lowest BCUT2D eigenvalue weighted by molar-refractivity contribution is 0.0659. The Kier molecular flexibility index (Phi) is 4.83. The van der Waals surface area contributed by atoms with E-state index in [1.807, 2.05) is 38.1 Å². The Balaban J connectivity index is 2.12. The highest BCUT2D eigenvalue weighted by molar-refractivity contribution is 5.93. The van der Waals surface area contributed by atoms with Crippen LogP contribution in [0.4, 0.5) is 0 Å². The molecule has 1 atom stereocenters. The van der Waals surface area contributed by atoms with Crippen molar-refractivity contribution < 1.29 is 23.8 Å². The van der Waals surface area contributed by atoms with Crippen molar-refractivity contribution in [2.75, 3.05) is 6.61 Å². The highest BCUT2D eigenvalue weighted by Gasteiger charge is 2.18. The van der Waals surface area contributed by atoms with E-state index < -0.39 is 11.9 Å². The van der Waals surface area contributed by atoms with E-state index in [1.54, 1.807) is 0 Å². The minimum absolute atomic E-state index is 0.0434. The maximum absolute atomic E-state index is 12.1. The molecule has 0 saturated carbocycles. The lowest BCUT2D eigenvalue weighted by Gasteiger charge is -2.17. The van der Waals surface area contributed by atoms with Crippen LogP contribution in [0.25, 0.3) is 0 Å². The van der Waals surface area contributed by atoms with Crippen molar-refractivity contribution >= 4 is 11.9 Å². The van der Waals surface area contributed by atoms with Crippen molar-refractivity contribution in [3.63, 3.8) is 0 Å². The Morgan fingerprint density at radius 2 is 1.91 bits per heavy atom. The van der Waals surface area contributed by atoms with Crippen LogP contribution >= 0.6 is 0 Å². The average Bonchev–Trinajstić information content (AvgIpc) is 2.98. The summed E-state index contributed by atoms with van der Waals surface area (Å²) in [5.41, 5.74) is 0.836. The number of ether oxygens (including phenoxy) is 1. The molecule has 1 amide bonds. The summed E-state index contributed by atoms with van der Waals surface area (Å²) in [5.74, 6) is -1.31. The first kappa shape index (κ1) is 15.6. The standard InChI is InChI=1S/C16H17NO5/c1-3-21-12-7-5-4-6-11(12)10(2)17-15(18)13-8-9-14(22-13)16(19)20/h4-10H,3H2,1-2H3,(H,17,18)(H,19,20). The van der Waals surface area contributed by atoms with Crippen molar-refractivity contribution in [3.8, 4) is 5.75 Å². The van der Waals surface area contributed by atoms with Crippen LogP contribution in [0.2, 0.25) is 0 Å². The van der Waals surface area contributed by atoms with Crippen LogP contribution in [0.3, 0.4) is 0 Å². The number of carbonyl (C=O) groups is 2. The van der Waals surface area contributed by atoms with Crippen LogP contribution in [0, 0.1) is 0 Å². The van der Waals surface area contributed by atoms with E-state index in [0.717, 1.165) is 5.56 Å². The molecule has 1 heterocycles. The van der Waals surface area contributed by atoms with Gasteiger partial charge in [-0.2, -0.15) is 0 Å². The van der Waals surface area contributed by atoms with Gasteiger partial charge in [-0.1, -0.05) is 18.2 Å². The molecule has 0 radical (unpaired) electrons. The van der Waals surface area contributed by atoms with Gasteiger partial charge in [-0.15, -0.1) is 0 Å². The highest BCUT2D eigenvalue weighted by Crippen LogP contribution is 2.25. The first-order valence-electron chi connectivity index (χ1n) is 6.88. The monoisotopic (exact) mass is 303 g/mol. The number of carboxylic acid groups (broad SMARTS) is 1. The van der Waals surface area contributed by atoms with Crippen LogP contribution < -0.4 is 10.1 Å². The molecule has 1 aromatic carbocycles. The van der Waals surface area contributed by atoms with Crippen LogP contribution in [-0.4, -0.2) is 23.6 Å². The number of hydrogen-bond donors (Lipinski definition) is 2. The third-order valence-electron chi connectivity index (χ3n) is 3.07. The van der Waals surface area contributed by atoms with Crippen molar-refractivity contribution in [2.45, 2.75) is 19.9 Å². The zero-order valence-corrected chi connectivity index (χ0v) is 12.3. The number of carbonyl (C=O) groups excluding carboxylic acids is 1. The number of carboxylic acids is 1. The van der Waals surface area contributed by atoms with Crippen LogP contribution in [0.5, 0.6) is 5.75 Å². The van der Waals surface area contributed by atoms with Gasteiger partial charge in [0.25, 0.3) is 5.91 Å². The lowest BCUT2D eigenvalue weighted by Crippen LogP contribution is -2.26. The number of hydrogen-bond acceptors (Lipinski definition) is 4. The maximum atomic E-state index is 12.1. The van der Waals surface area contributed by atoms with Gasteiger partial charge in [0.1, 0.15) is 5.75 Å². The largest absolute Gasteiger partial charge is 0.494 e. The van der Waals surface area contributed by atoms with Gasteiger partial charge in [0, 0.05) is 5.56 Å². The van der Waals surface area contributed by atoms with E-state index in [9.17, 15) is 9.59 Å². The van der Waals surface area contributed by atoms with Crippen molar-refractivity contribution in [1.29, 1.82) is 0 Å². The third kappa shape index (κ3) is 3.46. The smallest absolute Gasteiger partial charge is 0.371 e. The lowest BCUT2D eigenvalue weighted by atomic mass is 10.1. The summed E-state index contributed by atoms with van der Waals surface area (Å²) in [6, 6.07) is 9.67. The van der Waals surface area contributed by atoms with E-state index in [4.69, 9.17) is 14.3 Å². The first-order valence-corrected chi connectivity index (χ1v) is 6.88. The predicted molar refractivity (Wildman–Crippen MR) is 79.2 cm³/mol. The molecule has 22 heavy (non-hydrogen) atoms. The van der Waals surface area contributed by atoms with Crippen LogP contribution in [0.15, 0.2) is 40.8 Å². The molecule has 116 valence electrons. The van der Waals surface area contributed by atoms with Gasteiger partial charge in [-0.25, -0.2) is 4.79 Å². The van der Waals surface area contributed by atoms with Gasteiger partial charge in [-0.3, -0.25) is 4.79 Å². The van der Waals surface area contributed by atoms with Gasteiger partial charge in [0.15, 0.2) is 5.76 Å². The minimum Gasteiger partial charge on any atom is -0.494 e. The summed E-state index contributed by atoms with van der Waals surface area (Å²) >= 11 is 0. The highest BCUT2D eigenvalue weighted by atomic mass is 16.5. The number of rotatable bonds is 6. The van der Waals surface area contributed by atoms with Gasteiger partial charge >= 0.3 is 5.97 Å². The van der Waals surface area contributed by atoms with Gasteiger partial charge in [0.2, 0.25) is 5.76 Å². The number of furan rings is 1. The fourth-order valence-corrected chi connectivity index (χ4v) is 2.05. The molecule has 0 saturated heterocycles. The molecule has 6 nitrogen and oxygen atoms in total. The molecule has 2 N–H and O–H groups in total. The summed E-state index contributed by atoms with van der Waals surface area (Å²) in [4.78, 5) is 22.9. The van der Waals surface area contributed by atoms with E-state index in [2.05, 4.69) is 5.32 Å². The fraction of sp³-hybridized carbons (Fsp3) is 0.250. The van der Waals surface area contributed by atoms with E-state index >= 15 is 0 Å². The molecule has 1 aromatic heterocycles. The normalized spacial score (nSPS) is 11.7. The van der Waals surface area contributed by atoms with Crippen molar-refractivity contribution in [1.82, 2.24) is 5.32 Å². The number of amides is 1. The number of benzene rings is 1.